The van der Waals surface area contributed by atoms with E-state index in [0.29, 0.717) is 13.1 Å². The molecule has 110 valence electrons. The van der Waals surface area contributed by atoms with Gasteiger partial charge in [0.2, 0.25) is 0 Å². The van der Waals surface area contributed by atoms with E-state index >= 15 is 0 Å². The highest BCUT2D eigenvalue weighted by Crippen LogP contribution is 2.26. The Kier molecular flexibility index (Phi) is 4.71. The van der Waals surface area contributed by atoms with Gasteiger partial charge in [-0.2, -0.15) is 0 Å². The third-order valence-electron chi connectivity index (χ3n) is 4.32. The molecule has 1 aliphatic carbocycles. The van der Waals surface area contributed by atoms with Crippen molar-refractivity contribution in [3.63, 3.8) is 0 Å². The molecule has 2 aliphatic rings. The van der Waals surface area contributed by atoms with Crippen LogP contribution >= 0.6 is 0 Å². The fourth-order valence-electron chi connectivity index (χ4n) is 2.97. The molecule has 1 aliphatic heterocycles. The van der Waals surface area contributed by atoms with Gasteiger partial charge in [-0.1, -0.05) is 26.2 Å². The van der Waals surface area contributed by atoms with Gasteiger partial charge in [-0.25, -0.2) is 13.2 Å². The predicted octanol–water partition coefficient (Wildman–Crippen LogP) is 1.40. The van der Waals surface area contributed by atoms with Crippen LogP contribution in [-0.2, 0) is 9.84 Å². The molecular formula is C13H24N2O3S. The summed E-state index contributed by atoms with van der Waals surface area (Å²) >= 11 is 0. The maximum absolute atomic E-state index is 12.1. The van der Waals surface area contributed by atoms with E-state index in [1.165, 1.54) is 19.3 Å². The van der Waals surface area contributed by atoms with E-state index in [9.17, 15) is 13.2 Å². The van der Waals surface area contributed by atoms with Gasteiger partial charge in [0.1, 0.15) is 0 Å². The SMILES string of the molecule is CC[C@H]1CCC[C@H](NC(=O)N2CCS(=O)(=O)CC2)C1. The van der Waals surface area contributed by atoms with Crippen molar-refractivity contribution in [2.45, 2.75) is 45.1 Å². The second-order valence-electron chi connectivity index (χ2n) is 5.73. The van der Waals surface area contributed by atoms with Crippen molar-refractivity contribution in [3.05, 3.63) is 0 Å². The van der Waals surface area contributed by atoms with Crippen molar-refractivity contribution in [1.29, 1.82) is 0 Å². The summed E-state index contributed by atoms with van der Waals surface area (Å²) in [7, 11) is -2.92. The highest BCUT2D eigenvalue weighted by Gasteiger charge is 2.28. The van der Waals surface area contributed by atoms with Crippen LogP contribution in [0.15, 0.2) is 0 Å². The Balaban J connectivity index is 1.81. The first-order valence-electron chi connectivity index (χ1n) is 7.26. The highest BCUT2D eigenvalue weighted by atomic mass is 32.2. The fraction of sp³-hybridized carbons (Fsp3) is 0.923. The molecule has 0 unspecified atom stereocenters. The van der Waals surface area contributed by atoms with E-state index in [2.05, 4.69) is 12.2 Å². The summed E-state index contributed by atoms with van der Waals surface area (Å²) in [4.78, 5) is 13.7. The first-order chi connectivity index (χ1) is 9.00. The molecule has 0 radical (unpaired) electrons. The first-order valence-corrected chi connectivity index (χ1v) is 9.08. The minimum absolute atomic E-state index is 0.0864. The summed E-state index contributed by atoms with van der Waals surface area (Å²) in [6.45, 7) is 2.86. The van der Waals surface area contributed by atoms with Crippen LogP contribution in [0.3, 0.4) is 0 Å². The van der Waals surface area contributed by atoms with E-state index in [4.69, 9.17) is 0 Å². The third-order valence-corrected chi connectivity index (χ3v) is 5.93. The Bertz CT molecular complexity index is 408. The maximum atomic E-state index is 12.1. The number of sulfone groups is 1. The molecule has 2 rings (SSSR count). The monoisotopic (exact) mass is 288 g/mol. The number of hydrogen-bond donors (Lipinski definition) is 1. The molecule has 0 aromatic heterocycles. The molecule has 5 nitrogen and oxygen atoms in total. The molecule has 19 heavy (non-hydrogen) atoms. The number of rotatable bonds is 2. The lowest BCUT2D eigenvalue weighted by atomic mass is 9.84. The molecule has 0 spiro atoms. The number of nitrogens with zero attached hydrogens (tertiary/aromatic N) is 1. The largest absolute Gasteiger partial charge is 0.335 e. The van der Waals surface area contributed by atoms with Crippen LogP contribution < -0.4 is 5.32 Å². The molecular weight excluding hydrogens is 264 g/mol. The normalized spacial score (nSPS) is 30.9. The second kappa shape index (κ2) is 6.11. The van der Waals surface area contributed by atoms with Gasteiger partial charge in [0, 0.05) is 19.1 Å². The summed E-state index contributed by atoms with van der Waals surface area (Å²) in [6.07, 6.45) is 5.74. The number of nitrogens with one attached hydrogen (secondary N) is 1. The van der Waals surface area contributed by atoms with Crippen molar-refractivity contribution in [2.75, 3.05) is 24.6 Å². The molecule has 1 saturated carbocycles. The average Bonchev–Trinajstić information content (AvgIpc) is 2.38. The van der Waals surface area contributed by atoms with Crippen LogP contribution in [0.2, 0.25) is 0 Å². The Morgan fingerprint density at radius 1 is 1.26 bits per heavy atom. The van der Waals surface area contributed by atoms with Crippen LogP contribution in [0, 0.1) is 5.92 Å². The molecule has 1 N–H and O–H groups in total. The third kappa shape index (κ3) is 4.09. The fourth-order valence-corrected chi connectivity index (χ4v) is 4.18. The molecule has 1 saturated heterocycles. The standard InChI is InChI=1S/C13H24N2O3S/c1-2-11-4-3-5-12(10-11)14-13(16)15-6-8-19(17,18)9-7-15/h11-12H,2-10H2,1H3,(H,14,16)/t11-,12-/m0/s1. The van der Waals surface area contributed by atoms with Crippen molar-refractivity contribution < 1.29 is 13.2 Å². The lowest BCUT2D eigenvalue weighted by Crippen LogP contribution is -2.51. The number of hydrogen-bond acceptors (Lipinski definition) is 3. The topological polar surface area (TPSA) is 66.5 Å². The van der Waals surface area contributed by atoms with Crippen molar-refractivity contribution in [1.82, 2.24) is 10.2 Å². The molecule has 0 aromatic rings. The van der Waals surface area contributed by atoms with E-state index < -0.39 is 9.84 Å². The van der Waals surface area contributed by atoms with Gasteiger partial charge in [-0.15, -0.1) is 0 Å². The predicted molar refractivity (Wildman–Crippen MR) is 74.8 cm³/mol. The van der Waals surface area contributed by atoms with Crippen LogP contribution in [-0.4, -0.2) is 50.0 Å². The van der Waals surface area contributed by atoms with E-state index in [1.807, 2.05) is 0 Å². The van der Waals surface area contributed by atoms with E-state index in [1.54, 1.807) is 4.90 Å². The Morgan fingerprint density at radius 3 is 2.58 bits per heavy atom. The Labute approximate surface area is 115 Å². The molecule has 0 aromatic carbocycles. The van der Waals surface area contributed by atoms with Crippen molar-refractivity contribution >= 4 is 15.9 Å². The summed E-state index contributed by atoms with van der Waals surface area (Å²) < 4.78 is 22.7. The minimum Gasteiger partial charge on any atom is -0.335 e. The first kappa shape index (κ1) is 14.6. The molecule has 2 atom stereocenters. The number of carbonyl (C=O) groups excluding carboxylic acids is 1. The Hall–Kier alpha value is -0.780. The van der Waals surface area contributed by atoms with Gasteiger partial charge in [-0.05, 0) is 18.8 Å². The molecule has 0 bridgehead atoms. The molecule has 2 fully saturated rings. The van der Waals surface area contributed by atoms with Gasteiger partial charge >= 0.3 is 6.03 Å². The quantitative estimate of drug-likeness (QED) is 0.835. The zero-order valence-corrected chi connectivity index (χ0v) is 12.4. The zero-order valence-electron chi connectivity index (χ0n) is 11.6. The summed E-state index contributed by atoms with van der Waals surface area (Å²) in [5.41, 5.74) is 0. The van der Waals surface area contributed by atoms with E-state index in [-0.39, 0.29) is 23.6 Å². The summed E-state index contributed by atoms with van der Waals surface area (Å²) in [6, 6.07) is 0.182. The number of carbonyl (C=O) groups is 1. The summed E-state index contributed by atoms with van der Waals surface area (Å²) in [5.74, 6) is 0.923. The van der Waals surface area contributed by atoms with Gasteiger partial charge in [0.15, 0.2) is 9.84 Å². The lowest BCUT2D eigenvalue weighted by molar-refractivity contribution is 0.189. The van der Waals surface area contributed by atoms with Crippen LogP contribution in [0.4, 0.5) is 4.79 Å². The van der Waals surface area contributed by atoms with Crippen LogP contribution in [0.5, 0.6) is 0 Å². The lowest BCUT2D eigenvalue weighted by Gasteiger charge is -2.33. The Morgan fingerprint density at radius 2 is 1.95 bits per heavy atom. The number of urea groups is 1. The second-order valence-corrected chi connectivity index (χ2v) is 8.03. The smallest absolute Gasteiger partial charge is 0.317 e. The van der Waals surface area contributed by atoms with Crippen LogP contribution in [0.25, 0.3) is 0 Å². The molecule has 6 heteroatoms. The highest BCUT2D eigenvalue weighted by molar-refractivity contribution is 7.91. The van der Waals surface area contributed by atoms with Crippen molar-refractivity contribution in [3.8, 4) is 0 Å². The minimum atomic E-state index is -2.92. The van der Waals surface area contributed by atoms with Gasteiger partial charge in [0.05, 0.1) is 11.5 Å². The zero-order chi connectivity index (χ0) is 13.9. The van der Waals surface area contributed by atoms with Gasteiger partial charge in [0.25, 0.3) is 0 Å². The van der Waals surface area contributed by atoms with Gasteiger partial charge < -0.3 is 10.2 Å². The number of amides is 2. The molecule has 1 heterocycles. The van der Waals surface area contributed by atoms with Crippen molar-refractivity contribution in [2.24, 2.45) is 5.92 Å². The average molecular weight is 288 g/mol. The molecule has 2 amide bonds. The van der Waals surface area contributed by atoms with Gasteiger partial charge in [-0.3, -0.25) is 0 Å². The van der Waals surface area contributed by atoms with Crippen LogP contribution in [0.1, 0.15) is 39.0 Å². The van der Waals surface area contributed by atoms with E-state index in [0.717, 1.165) is 18.8 Å². The summed E-state index contributed by atoms with van der Waals surface area (Å²) in [5, 5.41) is 3.07. The maximum Gasteiger partial charge on any atom is 0.317 e.